The van der Waals surface area contributed by atoms with Gasteiger partial charge in [0.15, 0.2) is 0 Å². The lowest BCUT2D eigenvalue weighted by molar-refractivity contribution is 0.0248. The number of hydrogen-bond acceptors (Lipinski definition) is 5. The number of nitrogens with zero attached hydrogens (tertiary/aromatic N) is 2. The van der Waals surface area contributed by atoms with Crippen molar-refractivity contribution < 1.29 is 19.1 Å². The van der Waals surface area contributed by atoms with Gasteiger partial charge < -0.3 is 19.3 Å². The van der Waals surface area contributed by atoms with Gasteiger partial charge in [0.1, 0.15) is 13.2 Å². The lowest BCUT2D eigenvalue weighted by Crippen LogP contribution is -2.57. The monoisotopic (exact) mass is 326 g/mol. The van der Waals surface area contributed by atoms with Crippen molar-refractivity contribution in [2.24, 2.45) is 5.92 Å². The molecule has 7 heteroatoms. The van der Waals surface area contributed by atoms with Gasteiger partial charge >= 0.3 is 12.2 Å². The third kappa shape index (κ3) is 3.76. The number of carbonyl (C=O) groups is 2. The maximum atomic E-state index is 12.1. The minimum absolute atomic E-state index is 0.0586. The molecule has 2 heterocycles. The first-order valence-electron chi connectivity index (χ1n) is 7.31. The Hall–Kier alpha value is -1.63. The van der Waals surface area contributed by atoms with Crippen molar-refractivity contribution in [3.05, 3.63) is 25.3 Å². The zero-order valence-electron chi connectivity index (χ0n) is 12.5. The molecular weight excluding hydrogens is 304 g/mol. The predicted octanol–water partition coefficient (Wildman–Crippen LogP) is 1.94. The van der Waals surface area contributed by atoms with E-state index in [1.54, 1.807) is 15.9 Å². The van der Waals surface area contributed by atoms with E-state index in [9.17, 15) is 9.59 Å². The van der Waals surface area contributed by atoms with Crippen LogP contribution in [0.15, 0.2) is 25.3 Å². The lowest BCUT2D eigenvalue weighted by atomic mass is 9.90. The largest absolute Gasteiger partial charge is 0.445 e. The third-order valence-electron chi connectivity index (χ3n) is 3.92. The second-order valence-electron chi connectivity index (χ2n) is 5.51. The fourth-order valence-corrected chi connectivity index (χ4v) is 3.23. The number of likely N-dealkylation sites (tertiary alicyclic amines) is 2. The summed E-state index contributed by atoms with van der Waals surface area (Å²) in [7, 11) is 0. The lowest BCUT2D eigenvalue weighted by Gasteiger charge is -2.43. The molecule has 2 rings (SSSR count). The van der Waals surface area contributed by atoms with Crippen LogP contribution in [-0.2, 0) is 9.47 Å². The highest BCUT2D eigenvalue weighted by molar-refractivity contribution is 7.81. The van der Waals surface area contributed by atoms with Gasteiger partial charge in [-0.15, -0.1) is 0 Å². The van der Waals surface area contributed by atoms with Crippen LogP contribution in [0.25, 0.3) is 0 Å². The molecule has 122 valence electrons. The number of rotatable bonds is 5. The number of amides is 2. The van der Waals surface area contributed by atoms with Crippen LogP contribution in [-0.4, -0.2) is 66.1 Å². The number of hydrogen-bond donors (Lipinski definition) is 1. The second-order valence-corrected chi connectivity index (χ2v) is 6.24. The summed E-state index contributed by atoms with van der Waals surface area (Å²) in [5.41, 5.74) is 0. The first kappa shape index (κ1) is 16.7. The molecule has 0 aromatic rings. The van der Waals surface area contributed by atoms with Gasteiger partial charge in [0.2, 0.25) is 0 Å². The zero-order valence-corrected chi connectivity index (χ0v) is 13.4. The summed E-state index contributed by atoms with van der Waals surface area (Å²) in [5, 5.41) is 0.142. The van der Waals surface area contributed by atoms with Crippen LogP contribution >= 0.6 is 12.6 Å². The summed E-state index contributed by atoms with van der Waals surface area (Å²) >= 11 is 4.48. The van der Waals surface area contributed by atoms with Gasteiger partial charge in [0, 0.05) is 36.8 Å². The normalized spacial score (nSPS) is 24.6. The average Bonchev–Trinajstić information content (AvgIpc) is 2.82. The highest BCUT2D eigenvalue weighted by Gasteiger charge is 2.45. The first-order valence-corrected chi connectivity index (χ1v) is 7.83. The molecule has 6 nitrogen and oxygen atoms in total. The van der Waals surface area contributed by atoms with Crippen molar-refractivity contribution in [3.8, 4) is 0 Å². The molecule has 0 aromatic carbocycles. The van der Waals surface area contributed by atoms with Crippen molar-refractivity contribution in [2.75, 3.05) is 32.8 Å². The van der Waals surface area contributed by atoms with Crippen molar-refractivity contribution in [1.29, 1.82) is 0 Å². The number of ether oxygens (including phenoxy) is 2. The zero-order chi connectivity index (χ0) is 16.1. The Morgan fingerprint density at radius 1 is 1.09 bits per heavy atom. The van der Waals surface area contributed by atoms with E-state index in [-0.39, 0.29) is 42.6 Å². The Kier molecular flexibility index (Phi) is 5.76. The Morgan fingerprint density at radius 2 is 1.68 bits per heavy atom. The molecule has 0 spiro atoms. The first-order chi connectivity index (χ1) is 10.6. The van der Waals surface area contributed by atoms with E-state index < -0.39 is 0 Å². The smallest absolute Gasteiger partial charge is 0.410 e. The van der Waals surface area contributed by atoms with E-state index >= 15 is 0 Å². The fourth-order valence-electron chi connectivity index (χ4n) is 2.84. The summed E-state index contributed by atoms with van der Waals surface area (Å²) in [4.78, 5) is 27.1. The molecule has 0 radical (unpaired) electrons. The van der Waals surface area contributed by atoms with Crippen LogP contribution in [0.1, 0.15) is 6.42 Å². The Labute approximate surface area is 136 Å². The van der Waals surface area contributed by atoms with Gasteiger partial charge in [0.25, 0.3) is 0 Å². The van der Waals surface area contributed by atoms with E-state index in [4.69, 9.17) is 9.47 Å². The summed E-state index contributed by atoms with van der Waals surface area (Å²) in [5.74, 6) is 0.240. The maximum absolute atomic E-state index is 12.1. The quantitative estimate of drug-likeness (QED) is 0.619. The van der Waals surface area contributed by atoms with Crippen LogP contribution in [0.5, 0.6) is 0 Å². The van der Waals surface area contributed by atoms with Gasteiger partial charge in [-0.2, -0.15) is 12.6 Å². The molecule has 2 amide bonds. The molecule has 2 atom stereocenters. The molecule has 0 bridgehead atoms. The van der Waals surface area contributed by atoms with Crippen molar-refractivity contribution in [2.45, 2.75) is 17.7 Å². The van der Waals surface area contributed by atoms with Gasteiger partial charge in [0.05, 0.1) is 0 Å². The van der Waals surface area contributed by atoms with Crippen molar-refractivity contribution >= 4 is 24.8 Å². The number of thiol groups is 1. The fraction of sp³-hybridized carbons (Fsp3) is 0.600. The highest BCUT2D eigenvalue weighted by atomic mass is 32.1. The van der Waals surface area contributed by atoms with Gasteiger partial charge in [-0.05, 0) is 6.42 Å². The maximum Gasteiger partial charge on any atom is 0.410 e. The topological polar surface area (TPSA) is 59.1 Å². The molecule has 2 aliphatic rings. The molecule has 0 saturated carbocycles. The standard InChI is InChI=1S/C15H22N2O4S/c1-3-5-20-14(18)16-8-11(9-16)13-7-12(22)10-17(13)15(19)21-6-4-2/h3-4,11-13,22H,1-2,5-10H2/t12-,13-/m0/s1. The van der Waals surface area contributed by atoms with Crippen LogP contribution in [0, 0.1) is 5.92 Å². The molecule has 2 fully saturated rings. The van der Waals surface area contributed by atoms with Gasteiger partial charge in [-0.3, -0.25) is 0 Å². The summed E-state index contributed by atoms with van der Waals surface area (Å²) < 4.78 is 10.1. The summed E-state index contributed by atoms with van der Waals surface area (Å²) in [6.07, 6.45) is 3.22. The molecular formula is C15H22N2O4S. The Balaban J connectivity index is 1.86. The SMILES string of the molecule is C=CCOC(=O)N1CC([C@@H]2C[C@H](S)CN2C(=O)OCC=C)C1. The second kappa shape index (κ2) is 7.58. The molecule has 0 aliphatic carbocycles. The number of carbonyl (C=O) groups excluding carboxylic acids is 2. The summed E-state index contributed by atoms with van der Waals surface area (Å²) in [6, 6.07) is 0.0586. The van der Waals surface area contributed by atoms with Crippen LogP contribution in [0.2, 0.25) is 0 Å². The van der Waals surface area contributed by atoms with Gasteiger partial charge in [-0.25, -0.2) is 9.59 Å². The molecule has 2 saturated heterocycles. The van der Waals surface area contributed by atoms with E-state index in [2.05, 4.69) is 25.8 Å². The average molecular weight is 326 g/mol. The predicted molar refractivity (Wildman–Crippen MR) is 86.0 cm³/mol. The molecule has 0 aromatic heterocycles. The minimum Gasteiger partial charge on any atom is -0.445 e. The third-order valence-corrected chi connectivity index (χ3v) is 4.29. The Bertz CT molecular complexity index is 451. The molecule has 0 N–H and O–H groups in total. The molecule has 0 unspecified atom stereocenters. The van der Waals surface area contributed by atoms with Crippen LogP contribution < -0.4 is 0 Å². The van der Waals surface area contributed by atoms with Crippen LogP contribution in [0.3, 0.4) is 0 Å². The molecule has 2 aliphatic heterocycles. The van der Waals surface area contributed by atoms with E-state index in [0.29, 0.717) is 19.6 Å². The van der Waals surface area contributed by atoms with Crippen molar-refractivity contribution in [3.63, 3.8) is 0 Å². The minimum atomic E-state index is -0.339. The van der Waals surface area contributed by atoms with E-state index in [1.165, 1.54) is 6.08 Å². The van der Waals surface area contributed by atoms with E-state index in [1.807, 2.05) is 0 Å². The van der Waals surface area contributed by atoms with E-state index in [0.717, 1.165) is 6.42 Å². The molecule has 22 heavy (non-hydrogen) atoms. The summed E-state index contributed by atoms with van der Waals surface area (Å²) in [6.45, 7) is 9.20. The van der Waals surface area contributed by atoms with Gasteiger partial charge in [-0.1, -0.05) is 25.3 Å². The van der Waals surface area contributed by atoms with Crippen LogP contribution in [0.4, 0.5) is 9.59 Å². The van der Waals surface area contributed by atoms with Crippen molar-refractivity contribution in [1.82, 2.24) is 9.80 Å². The highest BCUT2D eigenvalue weighted by Crippen LogP contribution is 2.33. The Morgan fingerprint density at radius 3 is 2.27 bits per heavy atom.